The maximum Gasteiger partial charge on any atom is 0.349 e. The van der Waals surface area contributed by atoms with Crippen LogP contribution in [-0.2, 0) is 19.1 Å². The molecule has 0 aliphatic carbocycles. The monoisotopic (exact) mass is 824 g/mol. The van der Waals surface area contributed by atoms with E-state index in [4.69, 9.17) is 9.47 Å². The topological polar surface area (TPSA) is 100 Å². The molecule has 6 rings (SSSR count). The lowest BCUT2D eigenvalue weighted by Crippen LogP contribution is -2.26. The third-order valence-electron chi connectivity index (χ3n) is 11.7. The Labute approximate surface area is 368 Å². The van der Waals surface area contributed by atoms with Crippen LogP contribution in [0.5, 0.6) is 0 Å². The molecule has 0 radical (unpaired) electrons. The Morgan fingerprint density at radius 1 is 0.548 bits per heavy atom. The molecule has 318 valence electrons. The number of rotatable bonds is 19. The fourth-order valence-corrected chi connectivity index (χ4v) is 7.86. The first kappa shape index (κ1) is 46.6. The highest BCUT2D eigenvalue weighted by atomic mass is 16.5. The Morgan fingerprint density at radius 2 is 1.06 bits per heavy atom. The average Bonchev–Trinajstić information content (AvgIpc) is 3.32. The van der Waals surface area contributed by atoms with Crippen LogP contribution in [0.25, 0.3) is 27.1 Å². The first-order chi connectivity index (χ1) is 30.3. The predicted octanol–water partition coefficient (Wildman–Crippen LogP) is 13.8. The van der Waals surface area contributed by atoms with Crippen molar-refractivity contribution in [3.8, 4) is 12.1 Å². The lowest BCUT2D eigenvalue weighted by molar-refractivity contribution is -0.148. The minimum atomic E-state index is -0.896. The zero-order chi connectivity index (χ0) is 44.1. The van der Waals surface area contributed by atoms with Crippen molar-refractivity contribution in [1.29, 1.82) is 10.5 Å². The van der Waals surface area contributed by atoms with E-state index < -0.39 is 17.9 Å². The first-order valence-corrected chi connectivity index (χ1v) is 22.3. The molecule has 0 amide bonds. The minimum Gasteiger partial charge on any atom is -0.464 e. The quantitative estimate of drug-likeness (QED) is 0.0458. The summed E-state index contributed by atoms with van der Waals surface area (Å²) in [6.07, 6.45) is 8.49. The highest BCUT2D eigenvalue weighted by molar-refractivity contribution is 6.06. The van der Waals surface area contributed by atoms with E-state index in [0.29, 0.717) is 30.6 Å². The smallest absolute Gasteiger partial charge is 0.349 e. The van der Waals surface area contributed by atoms with E-state index in [-0.39, 0.29) is 11.5 Å². The summed E-state index contributed by atoms with van der Waals surface area (Å²) in [5.41, 5.74) is 4.21. The van der Waals surface area contributed by atoms with Crippen molar-refractivity contribution in [3.63, 3.8) is 0 Å². The number of carbonyl (C=O) groups excluding carboxylic acids is 2. The highest BCUT2D eigenvalue weighted by Crippen LogP contribution is 2.35. The van der Waals surface area contributed by atoms with Crippen molar-refractivity contribution in [2.45, 2.75) is 85.0 Å². The van der Waals surface area contributed by atoms with Gasteiger partial charge in [0.1, 0.15) is 11.6 Å². The second-order valence-corrected chi connectivity index (χ2v) is 16.0. The van der Waals surface area contributed by atoms with Gasteiger partial charge in [-0.3, -0.25) is 4.79 Å². The van der Waals surface area contributed by atoms with Gasteiger partial charge in [0.25, 0.3) is 0 Å². The number of nitriles is 2. The largest absolute Gasteiger partial charge is 0.464 e. The number of fused-ring (bicyclic) bond motifs is 2. The molecular formula is C56H60N2O4. The number of ether oxygens (including phenoxy) is 2. The number of esters is 2. The van der Waals surface area contributed by atoms with Gasteiger partial charge in [0.2, 0.25) is 0 Å². The SMILES string of the molecule is CCCCC(CC)COC(=O)/C(C#N)=C(\c1ccccc1)c1ccc2ccccc2c1.CCCCC(CC)COC(=O)C(C#N)C(c1ccccc1)c1ccc2ccccc2c1. The molecule has 4 atom stereocenters. The number of nitrogens with zero attached hydrogens (tertiary/aromatic N) is 2. The van der Waals surface area contributed by atoms with Crippen LogP contribution < -0.4 is 0 Å². The molecule has 6 nitrogen and oxygen atoms in total. The van der Waals surface area contributed by atoms with Crippen molar-refractivity contribution in [2.75, 3.05) is 13.2 Å². The van der Waals surface area contributed by atoms with Gasteiger partial charge in [-0.1, -0.05) is 206 Å². The highest BCUT2D eigenvalue weighted by Gasteiger charge is 2.33. The zero-order valence-electron chi connectivity index (χ0n) is 36.8. The van der Waals surface area contributed by atoms with E-state index >= 15 is 0 Å². The van der Waals surface area contributed by atoms with Crippen molar-refractivity contribution < 1.29 is 19.1 Å². The molecule has 0 aromatic heterocycles. The third-order valence-corrected chi connectivity index (χ3v) is 11.7. The number of hydrogen-bond acceptors (Lipinski definition) is 6. The van der Waals surface area contributed by atoms with E-state index in [1.165, 1.54) is 0 Å². The molecule has 62 heavy (non-hydrogen) atoms. The lowest BCUT2D eigenvalue weighted by atomic mass is 9.80. The molecule has 0 aliphatic rings. The average molecular weight is 825 g/mol. The molecule has 0 heterocycles. The summed E-state index contributed by atoms with van der Waals surface area (Å²) in [6, 6.07) is 52.1. The summed E-state index contributed by atoms with van der Waals surface area (Å²) >= 11 is 0. The van der Waals surface area contributed by atoms with Crippen LogP contribution in [0, 0.1) is 40.4 Å². The van der Waals surface area contributed by atoms with Gasteiger partial charge >= 0.3 is 11.9 Å². The summed E-state index contributed by atoms with van der Waals surface area (Å²) in [4.78, 5) is 26.1. The Bertz CT molecular complexity index is 2460. The molecule has 4 unspecified atom stereocenters. The number of hydrogen-bond donors (Lipinski definition) is 0. The second kappa shape index (κ2) is 24.7. The Morgan fingerprint density at radius 3 is 1.61 bits per heavy atom. The molecule has 0 N–H and O–H groups in total. The van der Waals surface area contributed by atoms with Gasteiger partial charge in [-0.25, -0.2) is 4.79 Å². The molecule has 0 fully saturated rings. The predicted molar refractivity (Wildman–Crippen MR) is 252 cm³/mol. The van der Waals surface area contributed by atoms with Gasteiger partial charge in [0.15, 0.2) is 5.92 Å². The maximum absolute atomic E-state index is 13.1. The minimum absolute atomic E-state index is 0.0480. The Hall–Kier alpha value is -6.50. The van der Waals surface area contributed by atoms with Crippen molar-refractivity contribution in [3.05, 3.63) is 173 Å². The van der Waals surface area contributed by atoms with Gasteiger partial charge in [0.05, 0.1) is 19.3 Å². The van der Waals surface area contributed by atoms with E-state index in [9.17, 15) is 20.1 Å². The maximum atomic E-state index is 13.1. The first-order valence-electron chi connectivity index (χ1n) is 22.3. The summed E-state index contributed by atoms with van der Waals surface area (Å²) in [7, 11) is 0. The normalized spacial score (nSPS) is 13.3. The van der Waals surface area contributed by atoms with Gasteiger partial charge in [-0.2, -0.15) is 10.5 Å². The van der Waals surface area contributed by atoms with Gasteiger partial charge in [0, 0.05) is 11.5 Å². The zero-order valence-corrected chi connectivity index (χ0v) is 36.8. The fraction of sp³-hybridized carbons (Fsp3) is 0.321. The number of unbranched alkanes of at least 4 members (excludes halogenated alkanes) is 2. The van der Waals surface area contributed by atoms with Gasteiger partial charge < -0.3 is 9.47 Å². The van der Waals surface area contributed by atoms with E-state index in [1.807, 2.05) is 121 Å². The molecule has 0 aliphatic heterocycles. The Kier molecular flexibility index (Phi) is 18.5. The number of benzene rings is 6. The summed E-state index contributed by atoms with van der Waals surface area (Å²) < 4.78 is 11.3. The summed E-state index contributed by atoms with van der Waals surface area (Å²) in [5.74, 6) is -1.58. The lowest BCUT2D eigenvalue weighted by Gasteiger charge is -2.23. The molecular weight excluding hydrogens is 765 g/mol. The number of carbonyl (C=O) groups is 2. The van der Waals surface area contributed by atoms with E-state index in [0.717, 1.165) is 95.2 Å². The van der Waals surface area contributed by atoms with Crippen molar-refractivity contribution >= 4 is 39.1 Å². The molecule has 0 bridgehead atoms. The van der Waals surface area contributed by atoms with Crippen LogP contribution in [0.3, 0.4) is 0 Å². The molecule has 0 spiro atoms. The van der Waals surface area contributed by atoms with Crippen LogP contribution in [0.15, 0.2) is 151 Å². The molecule has 6 aromatic rings. The molecule has 0 saturated heterocycles. The van der Waals surface area contributed by atoms with E-state index in [2.05, 4.69) is 64.1 Å². The van der Waals surface area contributed by atoms with Crippen molar-refractivity contribution in [2.24, 2.45) is 17.8 Å². The summed E-state index contributed by atoms with van der Waals surface area (Å²) in [6.45, 7) is 9.29. The second-order valence-electron chi connectivity index (χ2n) is 16.0. The third kappa shape index (κ3) is 12.8. The molecule has 0 saturated carbocycles. The molecule has 6 aromatic carbocycles. The van der Waals surface area contributed by atoms with Crippen LogP contribution in [0.1, 0.15) is 107 Å². The van der Waals surface area contributed by atoms with Crippen LogP contribution in [0.4, 0.5) is 0 Å². The van der Waals surface area contributed by atoms with Gasteiger partial charge in [-0.15, -0.1) is 0 Å². The van der Waals surface area contributed by atoms with Crippen LogP contribution >= 0.6 is 0 Å². The van der Waals surface area contributed by atoms with Gasteiger partial charge in [-0.05, 0) is 74.5 Å². The summed E-state index contributed by atoms with van der Waals surface area (Å²) in [5, 5.41) is 24.4. The Balaban J connectivity index is 0.000000234. The standard InChI is InChI=1S/C28H31NO2.C28H29NO2/c2*1-3-5-11-21(4-2)20-31-28(30)26(19-29)27(23-13-7-6-8-14-23)25-17-16-22-12-9-10-15-24(22)18-25/h6-10,12-18,21,26-27H,3-5,11,20H2,1-2H3;6-10,12-18,21H,3-5,11,20H2,1-2H3/b;27-26+. The van der Waals surface area contributed by atoms with Crippen LogP contribution in [0.2, 0.25) is 0 Å². The fourth-order valence-electron chi connectivity index (χ4n) is 7.86. The van der Waals surface area contributed by atoms with Crippen LogP contribution in [-0.4, -0.2) is 25.2 Å². The van der Waals surface area contributed by atoms with E-state index in [1.54, 1.807) is 0 Å². The van der Waals surface area contributed by atoms with Crippen molar-refractivity contribution in [1.82, 2.24) is 0 Å². The molecule has 6 heteroatoms.